The fraction of sp³-hybridized carbons (Fsp3) is 0.273. The van der Waals surface area contributed by atoms with Gasteiger partial charge in [-0.05, 0) is 106 Å². The summed E-state index contributed by atoms with van der Waals surface area (Å²) >= 11 is 0. The molecule has 0 bridgehead atoms. The summed E-state index contributed by atoms with van der Waals surface area (Å²) in [5.41, 5.74) is 8.02. The molecule has 55 heavy (non-hydrogen) atoms. The van der Waals surface area contributed by atoms with E-state index in [9.17, 15) is 30.3 Å². The molecular weight excluding hydrogens is 716 g/mol. The first-order valence-electron chi connectivity index (χ1n) is 18.3. The number of hydrogen-bond acceptors (Lipinski definition) is 9. The summed E-state index contributed by atoms with van der Waals surface area (Å²) in [6, 6.07) is 31.1. The number of rotatable bonds is 6. The van der Waals surface area contributed by atoms with E-state index in [4.69, 9.17) is 9.97 Å². The number of benzene rings is 2. The monoisotopic (exact) mass is 752 g/mol. The molecule has 4 heterocycles. The number of carboxylic acids is 2. The number of pyridine rings is 4. The minimum absolute atomic E-state index is 0. The Morgan fingerprint density at radius 3 is 1.45 bits per heavy atom. The van der Waals surface area contributed by atoms with E-state index < -0.39 is 11.9 Å². The second kappa shape index (κ2) is 18.2. The molecule has 0 radical (unpaired) electrons. The summed E-state index contributed by atoms with van der Waals surface area (Å²) in [5, 5.41) is 40.8. The second-order valence-electron chi connectivity index (χ2n) is 14.1. The van der Waals surface area contributed by atoms with E-state index >= 15 is 0 Å². The van der Waals surface area contributed by atoms with Crippen LogP contribution in [0.2, 0.25) is 0 Å². The van der Waals surface area contributed by atoms with Gasteiger partial charge in [0.1, 0.15) is 0 Å². The number of aromatic nitrogens is 4. The van der Waals surface area contributed by atoms with Crippen molar-refractivity contribution >= 4 is 33.7 Å². The minimum Gasteiger partial charge on any atom is -0.550 e. The maximum Gasteiger partial charge on any atom is 1.00 e. The molecule has 2 aromatic carbocycles. The van der Waals surface area contributed by atoms with Crippen LogP contribution in [0.15, 0.2) is 97.3 Å². The molecule has 2 aliphatic rings. The van der Waals surface area contributed by atoms with E-state index in [0.717, 1.165) is 81.4 Å². The van der Waals surface area contributed by atoms with Gasteiger partial charge >= 0.3 is 57.4 Å². The molecule has 0 saturated heterocycles. The molecular formula is C44H37KN6O4. The number of carbonyl (C=O) groups excluding carboxylic acids is 1. The quantitative estimate of drug-likeness (QED) is 0.234. The van der Waals surface area contributed by atoms with Gasteiger partial charge in [-0.3, -0.25) is 24.7 Å². The van der Waals surface area contributed by atoms with Crippen molar-refractivity contribution < 1.29 is 71.2 Å². The van der Waals surface area contributed by atoms with Crippen LogP contribution in [0.1, 0.15) is 85.7 Å². The maximum atomic E-state index is 11.2. The molecule has 2 aliphatic carbocycles. The first-order valence-corrected chi connectivity index (χ1v) is 18.3. The van der Waals surface area contributed by atoms with Gasteiger partial charge < -0.3 is 15.0 Å². The third-order valence-corrected chi connectivity index (χ3v) is 10.7. The first-order chi connectivity index (χ1) is 26.3. The maximum absolute atomic E-state index is 11.2. The van der Waals surface area contributed by atoms with Gasteiger partial charge in [0.05, 0.1) is 51.6 Å². The zero-order chi connectivity index (χ0) is 37.6. The van der Waals surface area contributed by atoms with E-state index in [2.05, 4.69) is 34.2 Å². The smallest absolute Gasteiger partial charge is 0.550 e. The van der Waals surface area contributed by atoms with E-state index in [1.807, 2.05) is 60.7 Å². The van der Waals surface area contributed by atoms with Crippen LogP contribution in [-0.4, -0.2) is 37.0 Å². The molecule has 4 aromatic heterocycles. The summed E-state index contributed by atoms with van der Waals surface area (Å²) in [6.45, 7) is 0. The molecule has 0 unspecified atom stereocenters. The molecule has 2 saturated carbocycles. The Labute approximate surface area is 361 Å². The molecule has 0 spiro atoms. The molecule has 11 heteroatoms. The van der Waals surface area contributed by atoms with Crippen molar-refractivity contribution in [2.24, 2.45) is 11.8 Å². The molecule has 268 valence electrons. The summed E-state index contributed by atoms with van der Waals surface area (Å²) in [6.07, 6.45) is 9.34. The Balaban J connectivity index is 0.000000184. The standard InChI is InChI=1S/2C22H19N3O2.K/c2*23-13-14-3-1-4-17(11-14)21-20-18(5-2-10-24-20)12-19(25-21)15-6-8-16(9-7-15)22(26)27;/h2*1-5,10-12,15-16H,6-9H2,(H,26,27);/q;;+1/p-1. The Hall–Kier alpha value is -4.88. The fourth-order valence-corrected chi connectivity index (χ4v) is 7.77. The van der Waals surface area contributed by atoms with Crippen LogP contribution in [0, 0.1) is 34.5 Å². The van der Waals surface area contributed by atoms with Crippen molar-refractivity contribution in [1.29, 1.82) is 10.5 Å². The number of carboxylic acid groups (broad SMARTS) is 2. The topological polar surface area (TPSA) is 177 Å². The molecule has 2 fully saturated rings. The van der Waals surface area contributed by atoms with Crippen LogP contribution in [0.5, 0.6) is 0 Å². The van der Waals surface area contributed by atoms with Gasteiger partial charge in [-0.25, -0.2) is 0 Å². The predicted octanol–water partition coefficient (Wildman–Crippen LogP) is 4.72. The fourth-order valence-electron chi connectivity index (χ4n) is 7.77. The van der Waals surface area contributed by atoms with Gasteiger partial charge in [-0.2, -0.15) is 10.5 Å². The SMILES string of the molecule is N#Cc1cccc(-c2nc(C3CCC(C(=O)O)CC3)cc3cccnc23)c1.N#Cc1cccc(-c2nc(C3CCC(C(=O)[O-])CC3)cc3cccnc23)c1.[K+]. The number of aliphatic carboxylic acids is 2. The van der Waals surface area contributed by atoms with Crippen LogP contribution in [0.4, 0.5) is 0 Å². The largest absolute Gasteiger partial charge is 1.00 e. The van der Waals surface area contributed by atoms with Crippen molar-refractivity contribution in [2.75, 3.05) is 0 Å². The summed E-state index contributed by atoms with van der Waals surface area (Å²) in [4.78, 5) is 41.2. The van der Waals surface area contributed by atoms with Gasteiger partial charge in [0.15, 0.2) is 0 Å². The van der Waals surface area contributed by atoms with Crippen LogP contribution in [0.3, 0.4) is 0 Å². The van der Waals surface area contributed by atoms with E-state index in [1.165, 1.54) is 0 Å². The molecule has 0 aliphatic heterocycles. The zero-order valence-electron chi connectivity index (χ0n) is 30.6. The third kappa shape index (κ3) is 9.16. The van der Waals surface area contributed by atoms with Crippen molar-refractivity contribution in [1.82, 2.24) is 19.9 Å². The zero-order valence-corrected chi connectivity index (χ0v) is 33.7. The van der Waals surface area contributed by atoms with Gasteiger partial charge in [0, 0.05) is 63.5 Å². The van der Waals surface area contributed by atoms with Crippen LogP contribution in [0.25, 0.3) is 44.3 Å². The predicted molar refractivity (Wildman–Crippen MR) is 201 cm³/mol. The summed E-state index contributed by atoms with van der Waals surface area (Å²) < 4.78 is 0. The van der Waals surface area contributed by atoms with Crippen LogP contribution < -0.4 is 56.5 Å². The van der Waals surface area contributed by atoms with Crippen LogP contribution in [-0.2, 0) is 9.59 Å². The molecule has 8 rings (SSSR count). The van der Waals surface area contributed by atoms with Crippen molar-refractivity contribution in [3.8, 4) is 34.7 Å². The van der Waals surface area contributed by atoms with Gasteiger partial charge in [0.25, 0.3) is 0 Å². The molecule has 0 amide bonds. The minimum atomic E-state index is -0.946. The van der Waals surface area contributed by atoms with Gasteiger partial charge in [-0.15, -0.1) is 0 Å². The second-order valence-corrected chi connectivity index (χ2v) is 14.1. The van der Waals surface area contributed by atoms with Crippen LogP contribution >= 0.6 is 0 Å². The summed E-state index contributed by atoms with van der Waals surface area (Å²) in [5.74, 6) is -1.76. The third-order valence-electron chi connectivity index (χ3n) is 10.7. The number of carbonyl (C=O) groups is 2. The van der Waals surface area contributed by atoms with Gasteiger partial charge in [-0.1, -0.05) is 36.4 Å². The number of hydrogen-bond donors (Lipinski definition) is 1. The Kier molecular flexibility index (Phi) is 13.1. The Bertz CT molecular complexity index is 2270. The van der Waals surface area contributed by atoms with Crippen molar-refractivity contribution in [3.63, 3.8) is 0 Å². The summed E-state index contributed by atoms with van der Waals surface area (Å²) in [7, 11) is 0. The molecule has 6 aromatic rings. The Morgan fingerprint density at radius 1 is 0.618 bits per heavy atom. The first kappa shape index (κ1) is 39.8. The van der Waals surface area contributed by atoms with E-state index in [-0.39, 0.29) is 75.1 Å². The molecule has 10 nitrogen and oxygen atoms in total. The number of nitrogens with zero attached hydrogens (tertiary/aromatic N) is 6. The average molecular weight is 753 g/mol. The average Bonchev–Trinajstić information content (AvgIpc) is 3.23. The number of fused-ring (bicyclic) bond motifs is 2. The van der Waals surface area contributed by atoms with E-state index in [1.54, 1.807) is 24.5 Å². The molecule has 1 N–H and O–H groups in total. The Morgan fingerprint density at radius 2 is 1.05 bits per heavy atom. The van der Waals surface area contributed by atoms with Gasteiger partial charge in [0.2, 0.25) is 0 Å². The normalized spacial score (nSPS) is 19.2. The molecule has 0 atom stereocenters. The van der Waals surface area contributed by atoms with Crippen molar-refractivity contribution in [3.05, 3.63) is 120 Å². The van der Waals surface area contributed by atoms with E-state index in [0.29, 0.717) is 36.8 Å². The van der Waals surface area contributed by atoms with Crippen molar-refractivity contribution in [2.45, 2.75) is 63.2 Å². The number of nitriles is 2.